The monoisotopic (exact) mass is 765 g/mol. The van der Waals surface area contributed by atoms with Gasteiger partial charge in [0.2, 0.25) is 23.3 Å². The van der Waals surface area contributed by atoms with Crippen LogP contribution in [0.3, 0.4) is 0 Å². The van der Waals surface area contributed by atoms with Gasteiger partial charge in [-0.3, -0.25) is 9.59 Å². The molecule has 298 valence electrons. The Morgan fingerprint density at radius 2 is 0.946 bits per heavy atom. The second-order valence-corrected chi connectivity index (χ2v) is 14.7. The molecule has 2 saturated heterocycles. The fraction of sp³-hybridized carbons (Fsp3) is 0.422. The topological polar surface area (TPSA) is 99.2 Å². The molecule has 0 spiro atoms. The quantitative estimate of drug-likeness (QED) is 0.124. The molecule has 4 aromatic carbocycles. The minimum Gasteiger partial charge on any atom is -0.493 e. The van der Waals surface area contributed by atoms with E-state index < -0.39 is 0 Å². The van der Waals surface area contributed by atoms with Crippen LogP contribution >= 0.6 is 0 Å². The number of piperidine rings is 2. The van der Waals surface area contributed by atoms with Gasteiger partial charge in [-0.05, 0) is 103 Å². The zero-order chi connectivity index (χ0) is 39.8. The van der Waals surface area contributed by atoms with Crippen LogP contribution in [0.5, 0.6) is 34.5 Å². The van der Waals surface area contributed by atoms with Gasteiger partial charge in [-0.1, -0.05) is 24.3 Å². The minimum absolute atomic E-state index is 0.0338. The lowest BCUT2D eigenvalue weighted by atomic mass is 9.93. The molecule has 0 atom stereocenters. The molecule has 6 rings (SSSR count). The molecule has 2 fully saturated rings. The summed E-state index contributed by atoms with van der Waals surface area (Å²) in [5.41, 5.74) is 1.82. The van der Waals surface area contributed by atoms with Crippen molar-refractivity contribution in [2.45, 2.75) is 25.7 Å². The van der Waals surface area contributed by atoms with Crippen molar-refractivity contribution < 1.29 is 38.0 Å². The highest BCUT2D eigenvalue weighted by atomic mass is 16.5. The molecule has 0 aliphatic carbocycles. The number of nitrogens with zero attached hydrogens (tertiary/aromatic N) is 3. The predicted octanol–water partition coefficient (Wildman–Crippen LogP) is 7.18. The van der Waals surface area contributed by atoms with Gasteiger partial charge in [0, 0.05) is 62.2 Å². The number of amides is 2. The van der Waals surface area contributed by atoms with Gasteiger partial charge in [0.15, 0.2) is 23.0 Å². The minimum atomic E-state index is 0.0338. The highest BCUT2D eigenvalue weighted by Crippen LogP contribution is 2.45. The molecule has 11 heteroatoms. The van der Waals surface area contributed by atoms with Gasteiger partial charge >= 0.3 is 0 Å². The largest absolute Gasteiger partial charge is 0.493 e. The summed E-state index contributed by atoms with van der Waals surface area (Å²) >= 11 is 0. The summed E-state index contributed by atoms with van der Waals surface area (Å²) in [5.74, 6) is 4.67. The number of carbonyl (C=O) groups excluding carboxylic acids is 2. The van der Waals surface area contributed by atoms with Crippen LogP contribution in [0, 0.1) is 11.8 Å². The lowest BCUT2D eigenvalue weighted by Crippen LogP contribution is -2.43. The third kappa shape index (κ3) is 8.99. The third-order valence-electron chi connectivity index (χ3n) is 11.2. The van der Waals surface area contributed by atoms with Crippen molar-refractivity contribution in [3.63, 3.8) is 0 Å². The maximum absolute atomic E-state index is 13.2. The molecule has 0 N–H and O–H groups in total. The van der Waals surface area contributed by atoms with Crippen LogP contribution in [-0.2, 0) is 9.59 Å². The zero-order valence-corrected chi connectivity index (χ0v) is 33.8. The van der Waals surface area contributed by atoms with Crippen molar-refractivity contribution in [1.82, 2.24) is 14.7 Å². The van der Waals surface area contributed by atoms with E-state index in [0.717, 1.165) is 97.6 Å². The van der Waals surface area contributed by atoms with Gasteiger partial charge in [-0.25, -0.2) is 0 Å². The fourth-order valence-electron chi connectivity index (χ4n) is 8.15. The number of hydrogen-bond acceptors (Lipinski definition) is 9. The smallest absolute Gasteiger partial charge is 0.246 e. The summed E-state index contributed by atoms with van der Waals surface area (Å²) in [5, 5.41) is 3.70. The molecule has 2 aliphatic heterocycles. The number of benzene rings is 4. The van der Waals surface area contributed by atoms with Gasteiger partial charge < -0.3 is 43.1 Å². The lowest BCUT2D eigenvalue weighted by molar-refractivity contribution is -0.128. The van der Waals surface area contributed by atoms with E-state index in [2.05, 4.69) is 11.9 Å². The molecule has 11 nitrogen and oxygen atoms in total. The Morgan fingerprint density at radius 1 is 0.571 bits per heavy atom. The van der Waals surface area contributed by atoms with Crippen molar-refractivity contribution in [3.05, 3.63) is 71.8 Å². The average Bonchev–Trinajstić information content (AvgIpc) is 3.23. The third-order valence-corrected chi connectivity index (χ3v) is 11.2. The maximum atomic E-state index is 13.2. The molecule has 0 aromatic heterocycles. The summed E-state index contributed by atoms with van der Waals surface area (Å²) in [6.07, 6.45) is 11.0. The van der Waals surface area contributed by atoms with Crippen LogP contribution < -0.4 is 28.4 Å². The second-order valence-electron chi connectivity index (χ2n) is 14.7. The zero-order valence-electron chi connectivity index (χ0n) is 33.8. The number of ether oxygens (including phenoxy) is 6. The highest BCUT2D eigenvalue weighted by molar-refractivity contribution is 5.98. The Morgan fingerprint density at radius 3 is 1.29 bits per heavy atom. The summed E-state index contributed by atoms with van der Waals surface area (Å²) in [7, 11) is 11.8. The van der Waals surface area contributed by atoms with E-state index in [0.29, 0.717) is 46.3 Å². The van der Waals surface area contributed by atoms with E-state index in [4.69, 9.17) is 28.4 Å². The van der Waals surface area contributed by atoms with Crippen LogP contribution in [0.15, 0.2) is 60.7 Å². The number of rotatable bonds is 14. The van der Waals surface area contributed by atoms with Gasteiger partial charge in [0.05, 0.1) is 42.7 Å². The molecule has 2 heterocycles. The lowest BCUT2D eigenvalue weighted by Gasteiger charge is -2.36. The van der Waals surface area contributed by atoms with Gasteiger partial charge in [-0.2, -0.15) is 0 Å². The Kier molecular flexibility index (Phi) is 13.3. The van der Waals surface area contributed by atoms with Crippen molar-refractivity contribution >= 4 is 45.5 Å². The first-order chi connectivity index (χ1) is 27.2. The van der Waals surface area contributed by atoms with Crippen LogP contribution in [0.2, 0.25) is 0 Å². The molecule has 56 heavy (non-hydrogen) atoms. The van der Waals surface area contributed by atoms with Crippen molar-refractivity contribution in [2.24, 2.45) is 11.8 Å². The van der Waals surface area contributed by atoms with Gasteiger partial charge in [-0.15, -0.1) is 0 Å². The van der Waals surface area contributed by atoms with Crippen LogP contribution in [0.4, 0.5) is 0 Å². The normalized spacial score (nSPS) is 15.6. The fourth-order valence-corrected chi connectivity index (χ4v) is 8.15. The highest BCUT2D eigenvalue weighted by Gasteiger charge is 2.26. The van der Waals surface area contributed by atoms with E-state index in [1.165, 1.54) is 0 Å². The number of likely N-dealkylation sites (tertiary alicyclic amines) is 2. The predicted molar refractivity (Wildman–Crippen MR) is 221 cm³/mol. The second kappa shape index (κ2) is 18.5. The molecule has 0 saturated carbocycles. The van der Waals surface area contributed by atoms with E-state index in [-0.39, 0.29) is 11.8 Å². The Labute approximate surface area is 330 Å². The first-order valence-electron chi connectivity index (χ1n) is 19.3. The van der Waals surface area contributed by atoms with E-state index in [9.17, 15) is 9.59 Å². The van der Waals surface area contributed by atoms with Crippen LogP contribution in [0.25, 0.3) is 33.7 Å². The SMILES string of the molecule is COc1cc2ccc(C=CC(=O)N3CCC(CN(C)CC4CCN(C(=O)C=Cc5ccc6cc(OC)c(OC)c(OC)c6c5)CC4)CC3)cc2c(OC)c1OC. The van der Waals surface area contributed by atoms with Gasteiger partial charge in [0.25, 0.3) is 0 Å². The summed E-state index contributed by atoms with van der Waals surface area (Å²) in [4.78, 5) is 32.7. The number of hydrogen-bond donors (Lipinski definition) is 0. The molecule has 0 unspecified atom stereocenters. The van der Waals surface area contributed by atoms with Crippen molar-refractivity contribution in [2.75, 3.05) is 89.0 Å². The molecule has 2 amide bonds. The molecule has 4 aromatic rings. The summed E-state index contributed by atoms with van der Waals surface area (Å²) < 4.78 is 33.4. The first-order valence-corrected chi connectivity index (χ1v) is 19.3. The average molecular weight is 766 g/mol. The summed E-state index contributed by atoms with van der Waals surface area (Å²) in [6.45, 7) is 5.06. The Hall–Kier alpha value is -5.42. The standard InChI is InChI=1S/C45H55N3O8/c1-46(28-32-16-20-47(21-17-32)40(49)14-10-30-8-12-34-26-38(51-2)44(55-6)42(53-4)36(34)24-30)29-33-18-22-48(23-19-33)41(50)15-11-31-9-13-35-27-39(52-3)45(56-7)43(54-5)37(35)25-31/h8-15,24-27,32-33H,16-23,28-29H2,1-7H3. The Balaban J connectivity index is 0.940. The van der Waals surface area contributed by atoms with Crippen LogP contribution in [-0.4, -0.2) is 115 Å². The number of methoxy groups -OCH3 is 6. The molecular weight excluding hydrogens is 711 g/mol. The Bertz CT molecular complexity index is 1930. The van der Waals surface area contributed by atoms with E-state index in [1.54, 1.807) is 54.8 Å². The molecule has 2 aliphatic rings. The van der Waals surface area contributed by atoms with Gasteiger partial charge in [0.1, 0.15) is 0 Å². The van der Waals surface area contributed by atoms with E-state index >= 15 is 0 Å². The van der Waals surface area contributed by atoms with Crippen molar-refractivity contribution in [1.29, 1.82) is 0 Å². The first kappa shape index (κ1) is 40.2. The molecular formula is C45H55N3O8. The van der Waals surface area contributed by atoms with E-state index in [1.807, 2.05) is 70.5 Å². The maximum Gasteiger partial charge on any atom is 0.246 e. The molecule has 0 radical (unpaired) electrons. The van der Waals surface area contributed by atoms with Crippen LogP contribution in [0.1, 0.15) is 36.8 Å². The van der Waals surface area contributed by atoms with Crippen molar-refractivity contribution in [3.8, 4) is 34.5 Å². The number of fused-ring (bicyclic) bond motifs is 2. The molecule has 0 bridgehead atoms. The number of carbonyl (C=O) groups is 2. The summed E-state index contributed by atoms with van der Waals surface area (Å²) in [6, 6.07) is 15.8.